The number of benzene rings is 2. The number of fused-ring (bicyclic) bond motifs is 1. The van der Waals surface area contributed by atoms with Gasteiger partial charge < -0.3 is 19.1 Å². The lowest BCUT2D eigenvalue weighted by Gasteiger charge is -2.34. The van der Waals surface area contributed by atoms with Gasteiger partial charge in [-0.15, -0.1) is 10.2 Å². The lowest BCUT2D eigenvalue weighted by atomic mass is 10.1. The number of ether oxygens (including phenoxy) is 3. The SMILES string of the molecule is CCOC(=O)c1ccc(S(=O)(=O)N2CCN(c3ccc(-c4ccc5c(c4)OCO5)nn3)CC2)cc1. The summed E-state index contributed by atoms with van der Waals surface area (Å²) in [6.07, 6.45) is 0. The van der Waals surface area contributed by atoms with Crippen molar-refractivity contribution in [3.8, 4) is 22.8 Å². The van der Waals surface area contributed by atoms with Crippen molar-refractivity contribution >= 4 is 21.8 Å². The van der Waals surface area contributed by atoms with Gasteiger partial charge in [0.05, 0.1) is 22.8 Å². The Hall–Kier alpha value is -3.70. The van der Waals surface area contributed by atoms with Gasteiger partial charge in [-0.1, -0.05) is 0 Å². The molecule has 0 spiro atoms. The first kappa shape index (κ1) is 23.1. The number of sulfonamides is 1. The average molecular weight is 497 g/mol. The first-order valence-electron chi connectivity index (χ1n) is 11.2. The summed E-state index contributed by atoms with van der Waals surface area (Å²) in [7, 11) is -3.67. The van der Waals surface area contributed by atoms with Crippen LogP contribution in [-0.2, 0) is 14.8 Å². The van der Waals surface area contributed by atoms with Crippen LogP contribution in [0.4, 0.5) is 5.82 Å². The second-order valence-electron chi connectivity index (χ2n) is 7.98. The maximum Gasteiger partial charge on any atom is 0.338 e. The third-order valence-electron chi connectivity index (χ3n) is 5.88. The molecular formula is C24H24N4O6S. The standard InChI is InChI=1S/C24H24N4O6S/c1-2-32-24(29)17-3-6-19(7-4-17)35(30,31)28-13-11-27(12-14-28)23-10-8-20(25-26-23)18-5-9-21-22(15-18)34-16-33-21/h3-10,15H,2,11-14,16H2,1H3. The van der Waals surface area contributed by atoms with Gasteiger partial charge in [-0.2, -0.15) is 4.31 Å². The Bertz CT molecular complexity index is 1320. The summed E-state index contributed by atoms with van der Waals surface area (Å²) in [6, 6.07) is 15.2. The maximum absolute atomic E-state index is 13.1. The summed E-state index contributed by atoms with van der Waals surface area (Å²) < 4.78 is 43.3. The number of hydrogen-bond donors (Lipinski definition) is 0. The van der Waals surface area contributed by atoms with E-state index in [1.54, 1.807) is 6.92 Å². The maximum atomic E-state index is 13.1. The lowest BCUT2D eigenvalue weighted by Crippen LogP contribution is -2.49. The zero-order valence-corrected chi connectivity index (χ0v) is 19.9. The number of aromatic nitrogens is 2. The monoisotopic (exact) mass is 496 g/mol. The van der Waals surface area contributed by atoms with Crippen molar-refractivity contribution in [2.24, 2.45) is 0 Å². The molecule has 182 valence electrons. The van der Waals surface area contributed by atoms with Crippen molar-refractivity contribution in [3.05, 3.63) is 60.2 Å². The molecule has 1 aromatic heterocycles. The van der Waals surface area contributed by atoms with Crippen LogP contribution in [0, 0.1) is 0 Å². The van der Waals surface area contributed by atoms with Crippen LogP contribution in [0.1, 0.15) is 17.3 Å². The van der Waals surface area contributed by atoms with E-state index < -0.39 is 16.0 Å². The predicted molar refractivity (Wildman–Crippen MR) is 127 cm³/mol. The molecule has 0 saturated carbocycles. The Morgan fingerprint density at radius 2 is 1.69 bits per heavy atom. The molecule has 3 heterocycles. The molecule has 0 aliphatic carbocycles. The van der Waals surface area contributed by atoms with Gasteiger partial charge in [0.1, 0.15) is 0 Å². The molecule has 0 atom stereocenters. The normalized spacial score (nSPS) is 15.7. The molecule has 1 fully saturated rings. The van der Waals surface area contributed by atoms with Crippen molar-refractivity contribution in [1.82, 2.24) is 14.5 Å². The highest BCUT2D eigenvalue weighted by Crippen LogP contribution is 2.35. The smallest absolute Gasteiger partial charge is 0.338 e. The highest BCUT2D eigenvalue weighted by atomic mass is 32.2. The Balaban J connectivity index is 1.22. The highest BCUT2D eigenvalue weighted by Gasteiger charge is 2.29. The van der Waals surface area contributed by atoms with Gasteiger partial charge in [-0.3, -0.25) is 0 Å². The molecule has 0 unspecified atom stereocenters. The fourth-order valence-corrected chi connectivity index (χ4v) is 5.41. The molecule has 5 rings (SSSR count). The summed E-state index contributed by atoms with van der Waals surface area (Å²) in [5.74, 6) is 1.60. The second kappa shape index (κ2) is 9.51. The molecule has 2 aliphatic heterocycles. The first-order valence-corrected chi connectivity index (χ1v) is 12.7. The molecule has 0 amide bonds. The van der Waals surface area contributed by atoms with E-state index in [0.29, 0.717) is 54.8 Å². The quantitative estimate of drug-likeness (QED) is 0.475. The Kier molecular flexibility index (Phi) is 6.27. The van der Waals surface area contributed by atoms with Crippen molar-refractivity contribution in [1.29, 1.82) is 0 Å². The van der Waals surface area contributed by atoms with E-state index >= 15 is 0 Å². The van der Waals surface area contributed by atoms with Crippen molar-refractivity contribution < 1.29 is 27.4 Å². The van der Waals surface area contributed by atoms with Crippen LogP contribution >= 0.6 is 0 Å². The molecule has 2 aromatic carbocycles. The van der Waals surface area contributed by atoms with E-state index in [-0.39, 0.29) is 18.3 Å². The van der Waals surface area contributed by atoms with Gasteiger partial charge in [-0.25, -0.2) is 13.2 Å². The summed E-state index contributed by atoms with van der Waals surface area (Å²) in [4.78, 5) is 14.0. The van der Waals surface area contributed by atoms with Crippen molar-refractivity contribution in [3.63, 3.8) is 0 Å². The fourth-order valence-electron chi connectivity index (χ4n) is 3.99. The van der Waals surface area contributed by atoms with Gasteiger partial charge in [-0.05, 0) is 61.5 Å². The fraction of sp³-hybridized carbons (Fsp3) is 0.292. The predicted octanol–water partition coefficient (Wildman–Crippen LogP) is 2.56. The van der Waals surface area contributed by atoms with Gasteiger partial charge in [0.15, 0.2) is 17.3 Å². The third-order valence-corrected chi connectivity index (χ3v) is 7.80. The van der Waals surface area contributed by atoms with Crippen molar-refractivity contribution in [2.45, 2.75) is 11.8 Å². The number of esters is 1. The molecule has 0 bridgehead atoms. The van der Waals surface area contributed by atoms with Gasteiger partial charge in [0.25, 0.3) is 0 Å². The average Bonchev–Trinajstić information content (AvgIpc) is 3.37. The lowest BCUT2D eigenvalue weighted by molar-refractivity contribution is 0.0526. The van der Waals surface area contributed by atoms with Crippen LogP contribution in [0.3, 0.4) is 0 Å². The van der Waals surface area contributed by atoms with Crippen LogP contribution in [0.2, 0.25) is 0 Å². The highest BCUT2D eigenvalue weighted by molar-refractivity contribution is 7.89. The second-order valence-corrected chi connectivity index (χ2v) is 9.92. The van der Waals surface area contributed by atoms with Crippen LogP contribution in [0.25, 0.3) is 11.3 Å². The van der Waals surface area contributed by atoms with E-state index in [2.05, 4.69) is 10.2 Å². The first-order chi connectivity index (χ1) is 17.0. The van der Waals surface area contributed by atoms with Gasteiger partial charge in [0.2, 0.25) is 16.8 Å². The third kappa shape index (κ3) is 4.64. The molecule has 0 N–H and O–H groups in total. The summed E-state index contributed by atoms with van der Waals surface area (Å²) >= 11 is 0. The van der Waals surface area contributed by atoms with E-state index in [1.165, 1.54) is 28.6 Å². The van der Waals surface area contributed by atoms with Crippen LogP contribution in [0.15, 0.2) is 59.5 Å². The number of anilines is 1. The molecular weight excluding hydrogens is 472 g/mol. The Labute approximate surface area is 203 Å². The Morgan fingerprint density at radius 3 is 2.37 bits per heavy atom. The molecule has 0 radical (unpaired) electrons. The molecule has 35 heavy (non-hydrogen) atoms. The van der Waals surface area contributed by atoms with Crippen LogP contribution in [0.5, 0.6) is 11.5 Å². The van der Waals surface area contributed by atoms with Crippen molar-refractivity contribution in [2.75, 3.05) is 44.5 Å². The molecule has 2 aliphatic rings. The minimum absolute atomic E-state index is 0.145. The summed E-state index contributed by atoms with van der Waals surface area (Å²) in [5.41, 5.74) is 1.90. The zero-order valence-electron chi connectivity index (χ0n) is 19.1. The van der Waals surface area contributed by atoms with Crippen LogP contribution < -0.4 is 14.4 Å². The summed E-state index contributed by atoms with van der Waals surface area (Å²) in [5, 5.41) is 8.69. The number of nitrogens with zero attached hydrogens (tertiary/aromatic N) is 4. The van der Waals surface area contributed by atoms with E-state index in [4.69, 9.17) is 14.2 Å². The number of carbonyl (C=O) groups is 1. The van der Waals surface area contributed by atoms with Crippen LogP contribution in [-0.4, -0.2) is 68.5 Å². The van der Waals surface area contributed by atoms with E-state index in [9.17, 15) is 13.2 Å². The van der Waals surface area contributed by atoms with Gasteiger partial charge >= 0.3 is 5.97 Å². The number of carbonyl (C=O) groups excluding carboxylic acids is 1. The zero-order chi connectivity index (χ0) is 24.4. The number of hydrogen-bond acceptors (Lipinski definition) is 9. The van der Waals surface area contributed by atoms with E-state index in [1.807, 2.05) is 35.2 Å². The van der Waals surface area contributed by atoms with E-state index in [0.717, 1.165) is 5.56 Å². The molecule has 1 saturated heterocycles. The Morgan fingerprint density at radius 1 is 0.943 bits per heavy atom. The molecule has 10 nitrogen and oxygen atoms in total. The topological polar surface area (TPSA) is 111 Å². The summed E-state index contributed by atoms with van der Waals surface area (Å²) in [6.45, 7) is 3.78. The minimum Gasteiger partial charge on any atom is -0.462 e. The number of rotatable bonds is 6. The number of piperazine rings is 1. The molecule has 3 aromatic rings. The minimum atomic E-state index is -3.67. The largest absolute Gasteiger partial charge is 0.462 e. The molecule has 11 heteroatoms. The van der Waals surface area contributed by atoms with Gasteiger partial charge in [0, 0.05) is 31.7 Å².